The van der Waals surface area contributed by atoms with E-state index in [9.17, 15) is 9.59 Å². The molecular formula is C11H13NO4. The third-order valence-corrected chi connectivity index (χ3v) is 2.02. The number of carbonyl (C=O) groups excluding carboxylic acids is 1. The molecule has 1 amide bonds. The van der Waals surface area contributed by atoms with Crippen molar-refractivity contribution >= 4 is 17.6 Å². The number of anilines is 1. The zero-order valence-electron chi connectivity index (χ0n) is 9.02. The number of hydrogen-bond donors (Lipinski definition) is 3. The lowest BCUT2D eigenvalue weighted by molar-refractivity contribution is -0.118. The molecule has 1 rings (SSSR count). The van der Waals surface area contributed by atoms with E-state index in [1.54, 1.807) is 13.8 Å². The summed E-state index contributed by atoms with van der Waals surface area (Å²) in [5.74, 6) is -1.86. The van der Waals surface area contributed by atoms with Crippen molar-refractivity contribution in [3.05, 3.63) is 23.8 Å². The fourth-order valence-electron chi connectivity index (χ4n) is 1.10. The van der Waals surface area contributed by atoms with Gasteiger partial charge < -0.3 is 15.5 Å². The first-order chi connectivity index (χ1) is 7.41. The monoisotopic (exact) mass is 223 g/mol. The third kappa shape index (κ3) is 2.73. The molecule has 0 atom stereocenters. The van der Waals surface area contributed by atoms with Crippen molar-refractivity contribution in [3.8, 4) is 5.75 Å². The van der Waals surface area contributed by atoms with E-state index in [2.05, 4.69) is 5.32 Å². The molecule has 0 aliphatic carbocycles. The zero-order valence-corrected chi connectivity index (χ0v) is 9.02. The molecule has 1 aromatic rings. The Morgan fingerprint density at radius 1 is 1.31 bits per heavy atom. The number of aromatic carboxylic acids is 1. The van der Waals surface area contributed by atoms with E-state index in [0.717, 1.165) is 6.07 Å². The minimum atomic E-state index is -1.20. The van der Waals surface area contributed by atoms with Crippen LogP contribution >= 0.6 is 0 Å². The average molecular weight is 223 g/mol. The van der Waals surface area contributed by atoms with Gasteiger partial charge in [0.2, 0.25) is 5.91 Å². The summed E-state index contributed by atoms with van der Waals surface area (Å²) in [6.45, 7) is 3.41. The molecule has 0 aromatic heterocycles. The molecule has 0 bridgehead atoms. The van der Waals surface area contributed by atoms with Gasteiger partial charge in [-0.2, -0.15) is 0 Å². The molecule has 0 spiro atoms. The van der Waals surface area contributed by atoms with Crippen molar-refractivity contribution < 1.29 is 19.8 Å². The molecule has 0 heterocycles. The van der Waals surface area contributed by atoms with Gasteiger partial charge in [0.15, 0.2) is 0 Å². The van der Waals surface area contributed by atoms with Crippen LogP contribution in [-0.2, 0) is 4.79 Å². The summed E-state index contributed by atoms with van der Waals surface area (Å²) in [6.07, 6.45) is 0. The predicted molar refractivity (Wildman–Crippen MR) is 58.5 cm³/mol. The van der Waals surface area contributed by atoms with Crippen molar-refractivity contribution in [2.24, 2.45) is 5.92 Å². The number of carboxylic acid groups (broad SMARTS) is 1. The van der Waals surface area contributed by atoms with E-state index in [0.29, 0.717) is 0 Å². The van der Waals surface area contributed by atoms with Gasteiger partial charge in [-0.3, -0.25) is 4.79 Å². The highest BCUT2D eigenvalue weighted by molar-refractivity contribution is 6.01. The molecule has 86 valence electrons. The second-order valence-electron chi connectivity index (χ2n) is 3.68. The number of nitrogens with one attached hydrogen (secondary N) is 1. The summed E-state index contributed by atoms with van der Waals surface area (Å²) < 4.78 is 0. The van der Waals surface area contributed by atoms with Crippen LogP contribution in [-0.4, -0.2) is 22.1 Å². The van der Waals surface area contributed by atoms with Gasteiger partial charge in [-0.05, 0) is 18.2 Å². The van der Waals surface area contributed by atoms with E-state index < -0.39 is 5.97 Å². The SMILES string of the molecule is CC(C)C(=O)Nc1ccc(O)cc1C(=O)O. The largest absolute Gasteiger partial charge is 0.508 e. The summed E-state index contributed by atoms with van der Waals surface area (Å²) in [5, 5.41) is 20.5. The number of amides is 1. The van der Waals surface area contributed by atoms with Crippen LogP contribution in [0.2, 0.25) is 0 Å². The summed E-state index contributed by atoms with van der Waals surface area (Å²) >= 11 is 0. The van der Waals surface area contributed by atoms with Crippen molar-refractivity contribution in [2.75, 3.05) is 5.32 Å². The van der Waals surface area contributed by atoms with Crippen LogP contribution in [0, 0.1) is 5.92 Å². The minimum Gasteiger partial charge on any atom is -0.508 e. The maximum Gasteiger partial charge on any atom is 0.337 e. The van der Waals surface area contributed by atoms with Crippen molar-refractivity contribution in [1.82, 2.24) is 0 Å². The van der Waals surface area contributed by atoms with E-state index in [4.69, 9.17) is 10.2 Å². The van der Waals surface area contributed by atoms with Crippen LogP contribution in [0.3, 0.4) is 0 Å². The Labute approximate surface area is 92.7 Å². The number of aromatic hydroxyl groups is 1. The van der Waals surface area contributed by atoms with Gasteiger partial charge in [0.05, 0.1) is 11.3 Å². The molecule has 0 saturated carbocycles. The third-order valence-electron chi connectivity index (χ3n) is 2.02. The lowest BCUT2D eigenvalue weighted by Gasteiger charge is -2.10. The predicted octanol–water partition coefficient (Wildman–Crippen LogP) is 1.68. The Hall–Kier alpha value is -2.04. The number of rotatable bonds is 3. The number of carboxylic acids is 1. The summed E-state index contributed by atoms with van der Waals surface area (Å²) in [5.41, 5.74) is 0.0537. The molecule has 0 unspecified atom stereocenters. The number of hydrogen-bond acceptors (Lipinski definition) is 3. The molecule has 0 fully saturated rings. The standard InChI is InChI=1S/C11H13NO4/c1-6(2)10(14)12-9-4-3-7(13)5-8(9)11(15)16/h3-6,13H,1-2H3,(H,12,14)(H,15,16). The quantitative estimate of drug-likeness (QED) is 0.680. The van der Waals surface area contributed by atoms with Crippen molar-refractivity contribution in [1.29, 1.82) is 0 Å². The molecule has 5 nitrogen and oxygen atoms in total. The van der Waals surface area contributed by atoms with Crippen LogP contribution in [0.4, 0.5) is 5.69 Å². The van der Waals surface area contributed by atoms with Gasteiger partial charge in [0.1, 0.15) is 5.75 Å². The van der Waals surface area contributed by atoms with Crippen molar-refractivity contribution in [3.63, 3.8) is 0 Å². The lowest BCUT2D eigenvalue weighted by Crippen LogP contribution is -2.19. The molecule has 0 aliphatic heterocycles. The molecule has 16 heavy (non-hydrogen) atoms. The first-order valence-electron chi connectivity index (χ1n) is 4.79. The lowest BCUT2D eigenvalue weighted by atomic mass is 10.1. The van der Waals surface area contributed by atoms with Crippen LogP contribution in [0.1, 0.15) is 24.2 Å². The summed E-state index contributed by atoms with van der Waals surface area (Å²) in [6, 6.07) is 3.78. The smallest absolute Gasteiger partial charge is 0.337 e. The summed E-state index contributed by atoms with van der Waals surface area (Å²) in [4.78, 5) is 22.3. The normalized spacial score (nSPS) is 10.2. The Balaban J connectivity index is 3.04. The highest BCUT2D eigenvalue weighted by atomic mass is 16.4. The van der Waals surface area contributed by atoms with Gasteiger partial charge in [-0.15, -0.1) is 0 Å². The van der Waals surface area contributed by atoms with Crippen LogP contribution in [0.5, 0.6) is 5.75 Å². The molecular weight excluding hydrogens is 210 g/mol. The van der Waals surface area contributed by atoms with Gasteiger partial charge in [-0.1, -0.05) is 13.8 Å². The van der Waals surface area contributed by atoms with Gasteiger partial charge in [-0.25, -0.2) is 4.79 Å². The highest BCUT2D eigenvalue weighted by Gasteiger charge is 2.14. The van der Waals surface area contributed by atoms with E-state index in [-0.39, 0.29) is 28.8 Å². The Bertz CT molecular complexity index is 426. The number of phenols is 1. The first-order valence-corrected chi connectivity index (χ1v) is 4.79. The van der Waals surface area contributed by atoms with Gasteiger partial charge in [0, 0.05) is 5.92 Å². The fraction of sp³-hybridized carbons (Fsp3) is 0.273. The molecule has 0 saturated heterocycles. The molecule has 5 heteroatoms. The zero-order chi connectivity index (χ0) is 12.3. The van der Waals surface area contributed by atoms with E-state index >= 15 is 0 Å². The van der Waals surface area contributed by atoms with Crippen LogP contribution in [0.25, 0.3) is 0 Å². The number of benzene rings is 1. The summed E-state index contributed by atoms with van der Waals surface area (Å²) in [7, 11) is 0. The average Bonchev–Trinajstić information content (AvgIpc) is 2.20. The van der Waals surface area contributed by atoms with E-state index in [1.165, 1.54) is 12.1 Å². The molecule has 3 N–H and O–H groups in total. The second kappa shape index (κ2) is 4.65. The van der Waals surface area contributed by atoms with Gasteiger partial charge in [0.25, 0.3) is 0 Å². The fourth-order valence-corrected chi connectivity index (χ4v) is 1.10. The molecule has 1 aromatic carbocycles. The maximum atomic E-state index is 11.4. The minimum absolute atomic E-state index is 0.131. The Morgan fingerprint density at radius 3 is 2.44 bits per heavy atom. The van der Waals surface area contributed by atoms with Crippen LogP contribution in [0.15, 0.2) is 18.2 Å². The van der Waals surface area contributed by atoms with Crippen LogP contribution < -0.4 is 5.32 Å². The Morgan fingerprint density at radius 2 is 1.94 bits per heavy atom. The molecule has 0 aliphatic rings. The number of carbonyl (C=O) groups is 2. The topological polar surface area (TPSA) is 86.6 Å². The van der Waals surface area contributed by atoms with Crippen molar-refractivity contribution in [2.45, 2.75) is 13.8 Å². The highest BCUT2D eigenvalue weighted by Crippen LogP contribution is 2.21. The van der Waals surface area contributed by atoms with E-state index in [1.807, 2.05) is 0 Å². The second-order valence-corrected chi connectivity index (χ2v) is 3.68. The first kappa shape index (κ1) is 12.0. The Kier molecular flexibility index (Phi) is 3.50. The molecule has 0 radical (unpaired) electrons. The maximum absolute atomic E-state index is 11.4. The van der Waals surface area contributed by atoms with Gasteiger partial charge >= 0.3 is 5.97 Å². The number of phenolic OH excluding ortho intramolecular Hbond substituents is 1.